The second-order valence-corrected chi connectivity index (χ2v) is 6.89. The number of amides is 1. The molecule has 25 heavy (non-hydrogen) atoms. The molecule has 1 aromatic heterocycles. The van der Waals surface area contributed by atoms with Crippen LogP contribution in [-0.2, 0) is 23.1 Å². The molecule has 2 aliphatic heterocycles. The van der Waals surface area contributed by atoms with Crippen molar-refractivity contribution >= 4 is 5.91 Å². The van der Waals surface area contributed by atoms with Gasteiger partial charge in [-0.15, -0.1) is 0 Å². The molecule has 0 N–H and O–H groups in total. The van der Waals surface area contributed by atoms with Crippen molar-refractivity contribution in [1.29, 1.82) is 0 Å². The minimum Gasteiger partial charge on any atom is -0.370 e. The third kappa shape index (κ3) is 3.19. The highest BCUT2D eigenvalue weighted by Crippen LogP contribution is 2.37. The minimum atomic E-state index is -0.368. The molecule has 2 aliphatic rings. The maximum absolute atomic E-state index is 12.8. The number of nitrogens with zero attached hydrogens (tertiary/aromatic N) is 3. The first-order valence-corrected chi connectivity index (χ1v) is 8.74. The highest BCUT2D eigenvalue weighted by Gasteiger charge is 2.51. The van der Waals surface area contributed by atoms with Crippen LogP contribution >= 0.6 is 0 Å². The first kappa shape index (κ1) is 16.3. The smallest absolute Gasteiger partial charge is 0.257 e. The number of aryl methyl sites for hydroxylation is 1. The summed E-state index contributed by atoms with van der Waals surface area (Å²) in [5.74, 6) is -0.00575. The molecule has 2 aromatic rings. The average Bonchev–Trinajstić information content (AvgIpc) is 3.35. The Labute approximate surface area is 147 Å². The standard InChI is InChI=1S/C19H23N3O3/c1-21-11-16(10-20-21)18(23)22-12-17(19(14-22)8-5-9-25-19)24-13-15-6-3-2-4-7-15/h2-4,6-7,10-11,17H,5,8-9,12-14H2,1H3/t17-,19-/m0/s1. The zero-order chi connectivity index (χ0) is 17.3. The van der Waals surface area contributed by atoms with Crippen molar-refractivity contribution in [2.75, 3.05) is 19.7 Å². The van der Waals surface area contributed by atoms with Gasteiger partial charge in [-0.25, -0.2) is 0 Å². The number of likely N-dealkylation sites (tertiary alicyclic amines) is 1. The van der Waals surface area contributed by atoms with Crippen LogP contribution in [0.25, 0.3) is 0 Å². The Kier molecular flexibility index (Phi) is 4.31. The Hall–Kier alpha value is -2.18. The molecule has 2 saturated heterocycles. The summed E-state index contributed by atoms with van der Waals surface area (Å²) in [4.78, 5) is 14.6. The number of aromatic nitrogens is 2. The van der Waals surface area contributed by atoms with Crippen LogP contribution in [0.4, 0.5) is 0 Å². The molecule has 0 saturated carbocycles. The predicted molar refractivity (Wildman–Crippen MR) is 92.0 cm³/mol. The largest absolute Gasteiger partial charge is 0.370 e. The molecule has 6 heteroatoms. The lowest BCUT2D eigenvalue weighted by molar-refractivity contribution is -0.0959. The van der Waals surface area contributed by atoms with Crippen molar-refractivity contribution in [3.05, 3.63) is 53.9 Å². The second kappa shape index (κ2) is 6.61. The Morgan fingerprint density at radius 1 is 1.40 bits per heavy atom. The summed E-state index contributed by atoms with van der Waals surface area (Å²) in [6.45, 7) is 2.41. The third-order valence-electron chi connectivity index (χ3n) is 5.10. The number of ether oxygens (including phenoxy) is 2. The maximum Gasteiger partial charge on any atom is 0.257 e. The highest BCUT2D eigenvalue weighted by atomic mass is 16.6. The molecule has 2 atom stereocenters. The van der Waals surface area contributed by atoms with Gasteiger partial charge in [0.1, 0.15) is 11.7 Å². The average molecular weight is 341 g/mol. The number of carbonyl (C=O) groups excluding carboxylic acids is 1. The van der Waals surface area contributed by atoms with Crippen molar-refractivity contribution in [3.63, 3.8) is 0 Å². The summed E-state index contributed by atoms with van der Waals surface area (Å²) < 4.78 is 13.9. The summed E-state index contributed by atoms with van der Waals surface area (Å²) in [5.41, 5.74) is 1.37. The summed E-state index contributed by atoms with van der Waals surface area (Å²) in [6, 6.07) is 10.1. The normalized spacial score (nSPS) is 25.8. The van der Waals surface area contributed by atoms with Crippen LogP contribution in [0.15, 0.2) is 42.7 Å². The summed E-state index contributed by atoms with van der Waals surface area (Å²) >= 11 is 0. The Morgan fingerprint density at radius 2 is 2.24 bits per heavy atom. The quantitative estimate of drug-likeness (QED) is 0.854. The molecule has 2 fully saturated rings. The van der Waals surface area contributed by atoms with Crippen molar-refractivity contribution in [1.82, 2.24) is 14.7 Å². The van der Waals surface area contributed by atoms with Crippen LogP contribution in [0.1, 0.15) is 28.8 Å². The van der Waals surface area contributed by atoms with Gasteiger partial charge in [-0.2, -0.15) is 5.10 Å². The van der Waals surface area contributed by atoms with Crippen molar-refractivity contribution in [3.8, 4) is 0 Å². The Balaban J connectivity index is 1.48. The number of rotatable bonds is 4. The fourth-order valence-corrected chi connectivity index (χ4v) is 3.80. The molecular formula is C19H23N3O3. The van der Waals surface area contributed by atoms with E-state index in [0.29, 0.717) is 25.3 Å². The van der Waals surface area contributed by atoms with Crippen molar-refractivity contribution < 1.29 is 14.3 Å². The molecule has 0 radical (unpaired) electrons. The SMILES string of the molecule is Cn1cc(C(=O)N2C[C@H](OCc3ccccc3)[C@]3(CCCO3)C2)cn1. The number of hydrogen-bond donors (Lipinski definition) is 0. The van der Waals surface area contributed by atoms with E-state index in [0.717, 1.165) is 25.0 Å². The van der Waals surface area contributed by atoms with Gasteiger partial charge < -0.3 is 14.4 Å². The number of benzene rings is 1. The van der Waals surface area contributed by atoms with Crippen molar-refractivity contribution in [2.45, 2.75) is 31.2 Å². The summed E-state index contributed by atoms with van der Waals surface area (Å²) in [5, 5.41) is 4.10. The highest BCUT2D eigenvalue weighted by molar-refractivity contribution is 5.94. The van der Waals surface area contributed by atoms with Crippen LogP contribution in [0.5, 0.6) is 0 Å². The molecule has 1 aromatic carbocycles. The van der Waals surface area contributed by atoms with Crippen LogP contribution in [0.2, 0.25) is 0 Å². The molecule has 3 heterocycles. The van der Waals surface area contributed by atoms with E-state index in [9.17, 15) is 4.79 Å². The lowest BCUT2D eigenvalue weighted by atomic mass is 9.96. The Morgan fingerprint density at radius 3 is 2.92 bits per heavy atom. The molecule has 0 unspecified atom stereocenters. The summed E-state index contributed by atoms with van der Waals surface area (Å²) in [6.07, 6.45) is 5.21. The fraction of sp³-hybridized carbons (Fsp3) is 0.474. The van der Waals surface area contributed by atoms with Gasteiger partial charge in [-0.05, 0) is 18.4 Å². The molecule has 132 valence electrons. The zero-order valence-electron chi connectivity index (χ0n) is 14.4. The zero-order valence-corrected chi connectivity index (χ0v) is 14.4. The van der Waals surface area contributed by atoms with Crippen LogP contribution < -0.4 is 0 Å². The first-order valence-electron chi connectivity index (χ1n) is 8.74. The third-order valence-corrected chi connectivity index (χ3v) is 5.10. The van der Waals surface area contributed by atoms with E-state index >= 15 is 0 Å². The number of carbonyl (C=O) groups is 1. The molecule has 1 amide bonds. The Bertz CT molecular complexity index is 737. The van der Waals surface area contributed by atoms with E-state index in [-0.39, 0.29) is 17.6 Å². The van der Waals surface area contributed by atoms with Gasteiger partial charge in [-0.1, -0.05) is 30.3 Å². The second-order valence-electron chi connectivity index (χ2n) is 6.89. The van der Waals surface area contributed by atoms with E-state index < -0.39 is 0 Å². The lowest BCUT2D eigenvalue weighted by Gasteiger charge is -2.28. The molecule has 0 aliphatic carbocycles. The number of hydrogen-bond acceptors (Lipinski definition) is 4. The van der Waals surface area contributed by atoms with Gasteiger partial charge in [-0.3, -0.25) is 9.48 Å². The van der Waals surface area contributed by atoms with Crippen molar-refractivity contribution in [2.24, 2.45) is 7.05 Å². The van der Waals surface area contributed by atoms with Gasteiger partial charge >= 0.3 is 0 Å². The van der Waals surface area contributed by atoms with E-state index in [1.54, 1.807) is 17.1 Å². The van der Waals surface area contributed by atoms with Gasteiger partial charge in [0, 0.05) is 19.9 Å². The van der Waals surface area contributed by atoms with Crippen LogP contribution in [0, 0.1) is 0 Å². The molecule has 0 bridgehead atoms. The van der Waals surface area contributed by atoms with E-state index in [1.807, 2.05) is 30.1 Å². The first-order chi connectivity index (χ1) is 12.2. The van der Waals surface area contributed by atoms with Crippen LogP contribution in [0.3, 0.4) is 0 Å². The van der Waals surface area contributed by atoms with Gasteiger partial charge in [0.2, 0.25) is 0 Å². The predicted octanol–water partition coefficient (Wildman–Crippen LogP) is 2.01. The molecule has 6 nitrogen and oxygen atoms in total. The monoisotopic (exact) mass is 341 g/mol. The summed E-state index contributed by atoms with van der Waals surface area (Å²) in [7, 11) is 1.81. The van der Waals surface area contributed by atoms with Gasteiger partial charge in [0.05, 0.1) is 31.5 Å². The molecule has 1 spiro atoms. The maximum atomic E-state index is 12.8. The fourth-order valence-electron chi connectivity index (χ4n) is 3.80. The van der Waals surface area contributed by atoms with E-state index in [4.69, 9.17) is 9.47 Å². The topological polar surface area (TPSA) is 56.6 Å². The van der Waals surface area contributed by atoms with Gasteiger partial charge in [0.15, 0.2) is 0 Å². The molecule has 4 rings (SSSR count). The lowest BCUT2D eigenvalue weighted by Crippen LogP contribution is -2.42. The van der Waals surface area contributed by atoms with E-state index in [1.165, 1.54) is 0 Å². The minimum absolute atomic E-state index is 0.00575. The van der Waals surface area contributed by atoms with Gasteiger partial charge in [0.25, 0.3) is 5.91 Å². The van der Waals surface area contributed by atoms with Crippen LogP contribution in [-0.4, -0.2) is 52.0 Å². The molecular weight excluding hydrogens is 318 g/mol. The van der Waals surface area contributed by atoms with E-state index in [2.05, 4.69) is 17.2 Å².